The predicted octanol–water partition coefficient (Wildman–Crippen LogP) is -0.136. The fourth-order valence-electron chi connectivity index (χ4n) is 1.42. The van der Waals surface area contributed by atoms with Gasteiger partial charge in [-0.25, -0.2) is 0 Å². The highest BCUT2D eigenvalue weighted by molar-refractivity contribution is 5.43. The van der Waals surface area contributed by atoms with E-state index >= 15 is 0 Å². The fraction of sp³-hybridized carbons (Fsp3) is 0.600. The molecule has 0 fully saturated rings. The molecule has 8 heteroatoms. The highest BCUT2D eigenvalue weighted by Gasteiger charge is 2.14. The van der Waals surface area contributed by atoms with E-state index in [4.69, 9.17) is 15.0 Å². The number of hydrogen-bond donors (Lipinski definition) is 1. The van der Waals surface area contributed by atoms with Crippen molar-refractivity contribution in [3.05, 3.63) is 12.0 Å². The van der Waals surface area contributed by atoms with Crippen LogP contribution in [-0.4, -0.2) is 44.9 Å². The summed E-state index contributed by atoms with van der Waals surface area (Å²) in [5.41, 5.74) is 5.98. The lowest BCUT2D eigenvalue weighted by Gasteiger charge is -2.03. The van der Waals surface area contributed by atoms with Crippen molar-refractivity contribution < 1.29 is 9.26 Å². The van der Waals surface area contributed by atoms with Crippen molar-refractivity contribution in [2.45, 2.75) is 26.0 Å². The Morgan fingerprint density at radius 1 is 1.56 bits per heavy atom. The summed E-state index contributed by atoms with van der Waals surface area (Å²) in [6.45, 7) is 3.05. The number of rotatable bonds is 6. The molecule has 0 saturated heterocycles. The topological polar surface area (TPSA) is 105 Å². The second-order valence-corrected chi connectivity index (χ2v) is 3.92. The van der Waals surface area contributed by atoms with E-state index in [1.165, 1.54) is 0 Å². The Morgan fingerprint density at radius 3 is 3.11 bits per heavy atom. The lowest BCUT2D eigenvalue weighted by atomic mass is 10.3. The van der Waals surface area contributed by atoms with Crippen LogP contribution in [0.4, 0.5) is 0 Å². The van der Waals surface area contributed by atoms with Crippen LogP contribution in [0.1, 0.15) is 12.7 Å². The molecule has 0 aliphatic heterocycles. The van der Waals surface area contributed by atoms with E-state index in [0.717, 1.165) is 0 Å². The first kappa shape index (κ1) is 12.7. The van der Waals surface area contributed by atoms with Crippen LogP contribution in [0.2, 0.25) is 0 Å². The molecule has 18 heavy (non-hydrogen) atoms. The highest BCUT2D eigenvalue weighted by Crippen LogP contribution is 2.14. The van der Waals surface area contributed by atoms with Crippen LogP contribution in [-0.2, 0) is 17.7 Å². The molecule has 1 atom stereocenters. The molecule has 2 rings (SSSR count). The SMILES string of the molecule is COC(C)Cc1noc(-c2cn(CCN)nn2)n1. The smallest absolute Gasteiger partial charge is 0.280 e. The molecule has 98 valence electrons. The van der Waals surface area contributed by atoms with Crippen LogP contribution >= 0.6 is 0 Å². The monoisotopic (exact) mass is 252 g/mol. The van der Waals surface area contributed by atoms with Crippen LogP contribution in [0.3, 0.4) is 0 Å². The van der Waals surface area contributed by atoms with E-state index in [1.807, 2.05) is 6.92 Å². The van der Waals surface area contributed by atoms with Crippen LogP contribution in [0, 0.1) is 0 Å². The summed E-state index contributed by atoms with van der Waals surface area (Å²) in [7, 11) is 1.64. The van der Waals surface area contributed by atoms with Crippen molar-refractivity contribution in [3.63, 3.8) is 0 Å². The molecule has 8 nitrogen and oxygen atoms in total. The normalized spacial score (nSPS) is 12.8. The Balaban J connectivity index is 2.08. The molecule has 0 spiro atoms. The number of nitrogens with zero attached hydrogens (tertiary/aromatic N) is 5. The Hall–Kier alpha value is -1.80. The van der Waals surface area contributed by atoms with Gasteiger partial charge < -0.3 is 15.0 Å². The zero-order valence-electron chi connectivity index (χ0n) is 10.4. The molecule has 0 saturated carbocycles. The molecule has 2 N–H and O–H groups in total. The van der Waals surface area contributed by atoms with E-state index in [9.17, 15) is 0 Å². The minimum absolute atomic E-state index is 0.0448. The standard InChI is InChI=1S/C10H16N6O2/c1-7(17-2)5-9-12-10(18-14-9)8-6-16(4-3-11)15-13-8/h6-7H,3-5,11H2,1-2H3. The molecule has 2 heterocycles. The maximum absolute atomic E-state index is 5.43. The first-order chi connectivity index (χ1) is 8.72. The average Bonchev–Trinajstić information content (AvgIpc) is 2.98. The van der Waals surface area contributed by atoms with E-state index in [-0.39, 0.29) is 6.10 Å². The summed E-state index contributed by atoms with van der Waals surface area (Å²) >= 11 is 0. The van der Waals surface area contributed by atoms with Gasteiger partial charge in [-0.1, -0.05) is 10.4 Å². The quantitative estimate of drug-likeness (QED) is 0.763. The van der Waals surface area contributed by atoms with Crippen LogP contribution < -0.4 is 5.73 Å². The molecule has 0 aromatic carbocycles. The zero-order chi connectivity index (χ0) is 13.0. The van der Waals surface area contributed by atoms with Gasteiger partial charge in [0.2, 0.25) is 0 Å². The summed E-state index contributed by atoms with van der Waals surface area (Å²) in [5.74, 6) is 0.948. The molecule has 2 aromatic heterocycles. The molecule has 2 aromatic rings. The largest absolute Gasteiger partial charge is 0.381 e. The van der Waals surface area contributed by atoms with Crippen molar-refractivity contribution in [1.29, 1.82) is 0 Å². The minimum Gasteiger partial charge on any atom is -0.381 e. The van der Waals surface area contributed by atoms with Gasteiger partial charge in [-0.3, -0.25) is 4.68 Å². The van der Waals surface area contributed by atoms with Gasteiger partial charge in [0, 0.05) is 20.1 Å². The number of nitrogens with two attached hydrogens (primary N) is 1. The predicted molar refractivity (Wildman–Crippen MR) is 62.5 cm³/mol. The molecule has 0 radical (unpaired) electrons. The molecule has 0 bridgehead atoms. The van der Waals surface area contributed by atoms with Crippen molar-refractivity contribution in [2.75, 3.05) is 13.7 Å². The zero-order valence-corrected chi connectivity index (χ0v) is 10.4. The van der Waals surface area contributed by atoms with Crippen molar-refractivity contribution in [3.8, 4) is 11.6 Å². The molecule has 0 aliphatic rings. The number of ether oxygens (including phenoxy) is 1. The first-order valence-electron chi connectivity index (χ1n) is 5.69. The van der Waals surface area contributed by atoms with Crippen LogP contribution in [0.5, 0.6) is 0 Å². The average molecular weight is 252 g/mol. The lowest BCUT2D eigenvalue weighted by molar-refractivity contribution is 0.116. The molecule has 1 unspecified atom stereocenters. The molecular formula is C10H16N6O2. The van der Waals surface area contributed by atoms with Crippen LogP contribution in [0.25, 0.3) is 11.6 Å². The van der Waals surface area contributed by atoms with Gasteiger partial charge in [0.05, 0.1) is 18.8 Å². The van der Waals surface area contributed by atoms with Gasteiger partial charge in [-0.2, -0.15) is 4.98 Å². The molecule has 0 amide bonds. The van der Waals surface area contributed by atoms with Gasteiger partial charge >= 0.3 is 0 Å². The van der Waals surface area contributed by atoms with E-state index in [1.54, 1.807) is 18.0 Å². The van der Waals surface area contributed by atoms with Gasteiger partial charge in [-0.05, 0) is 6.92 Å². The number of aromatic nitrogens is 5. The third-order valence-electron chi connectivity index (χ3n) is 2.46. The number of hydrogen-bond acceptors (Lipinski definition) is 7. The van der Waals surface area contributed by atoms with Crippen molar-refractivity contribution in [2.24, 2.45) is 5.73 Å². The lowest BCUT2D eigenvalue weighted by Crippen LogP contribution is -2.10. The summed E-state index contributed by atoms with van der Waals surface area (Å²) in [4.78, 5) is 4.24. The summed E-state index contributed by atoms with van der Waals surface area (Å²) in [6, 6.07) is 0. The molecule has 0 aliphatic carbocycles. The third kappa shape index (κ3) is 2.90. The first-order valence-corrected chi connectivity index (χ1v) is 5.69. The number of methoxy groups -OCH3 is 1. The molecular weight excluding hydrogens is 236 g/mol. The Morgan fingerprint density at radius 2 is 2.39 bits per heavy atom. The Bertz CT molecular complexity index is 494. The summed E-state index contributed by atoms with van der Waals surface area (Å²) in [6.07, 6.45) is 2.37. The summed E-state index contributed by atoms with van der Waals surface area (Å²) in [5, 5.41) is 11.7. The minimum atomic E-state index is 0.0448. The van der Waals surface area contributed by atoms with Crippen molar-refractivity contribution in [1.82, 2.24) is 25.1 Å². The highest BCUT2D eigenvalue weighted by atomic mass is 16.5. The van der Waals surface area contributed by atoms with Crippen LogP contribution in [0.15, 0.2) is 10.7 Å². The van der Waals surface area contributed by atoms with Gasteiger partial charge in [0.15, 0.2) is 11.5 Å². The third-order valence-corrected chi connectivity index (χ3v) is 2.46. The van der Waals surface area contributed by atoms with E-state index in [2.05, 4.69) is 20.5 Å². The van der Waals surface area contributed by atoms with E-state index < -0.39 is 0 Å². The summed E-state index contributed by atoms with van der Waals surface area (Å²) < 4.78 is 11.9. The maximum atomic E-state index is 5.43. The second-order valence-electron chi connectivity index (χ2n) is 3.92. The maximum Gasteiger partial charge on any atom is 0.280 e. The van der Waals surface area contributed by atoms with Gasteiger partial charge in [0.1, 0.15) is 0 Å². The van der Waals surface area contributed by atoms with Gasteiger partial charge in [-0.15, -0.1) is 5.10 Å². The van der Waals surface area contributed by atoms with Crippen molar-refractivity contribution >= 4 is 0 Å². The van der Waals surface area contributed by atoms with E-state index in [0.29, 0.717) is 36.9 Å². The fourth-order valence-corrected chi connectivity index (χ4v) is 1.42. The van der Waals surface area contributed by atoms with Gasteiger partial charge in [0.25, 0.3) is 5.89 Å². The Labute approximate surface area is 104 Å². The second kappa shape index (κ2) is 5.69. The Kier molecular flexibility index (Phi) is 4.00.